The number of terminal acetylenes is 1. The lowest BCUT2D eigenvalue weighted by molar-refractivity contribution is -0.149. The highest BCUT2D eigenvalue weighted by molar-refractivity contribution is 5.96. The first-order valence-electron chi connectivity index (χ1n) is 5.43. The Morgan fingerprint density at radius 3 is 2.67 bits per heavy atom. The van der Waals surface area contributed by atoms with E-state index in [9.17, 15) is 9.59 Å². The van der Waals surface area contributed by atoms with Gasteiger partial charge in [0, 0.05) is 0 Å². The molecule has 0 fully saturated rings. The second-order valence-corrected chi connectivity index (χ2v) is 3.62. The average Bonchev–Trinajstić information content (AvgIpc) is 2.36. The molecule has 1 aromatic rings. The summed E-state index contributed by atoms with van der Waals surface area (Å²) in [6.45, 7) is 2.88. The van der Waals surface area contributed by atoms with E-state index in [1.54, 1.807) is 24.3 Å². The molecule has 0 amide bonds. The van der Waals surface area contributed by atoms with E-state index in [0.29, 0.717) is 11.3 Å². The minimum Gasteiger partial charge on any atom is -0.478 e. The second-order valence-electron chi connectivity index (χ2n) is 3.62. The smallest absolute Gasteiger partial charge is 0.347 e. The largest absolute Gasteiger partial charge is 0.478 e. The number of hydrogen-bond donors (Lipinski definition) is 0. The predicted molar refractivity (Wildman–Crippen MR) is 66.3 cm³/mol. The zero-order valence-electron chi connectivity index (χ0n) is 10.3. The highest BCUT2D eigenvalue weighted by Gasteiger charge is 2.18. The van der Waals surface area contributed by atoms with Gasteiger partial charge in [-0.1, -0.05) is 18.1 Å². The van der Waals surface area contributed by atoms with Crippen LogP contribution in [0.25, 0.3) is 0 Å². The molecule has 0 heterocycles. The number of hydrogen-bond acceptors (Lipinski definition) is 4. The lowest BCUT2D eigenvalue weighted by Crippen LogP contribution is -2.26. The first-order chi connectivity index (χ1) is 8.56. The van der Waals surface area contributed by atoms with Gasteiger partial charge in [0.05, 0.1) is 5.56 Å². The summed E-state index contributed by atoms with van der Waals surface area (Å²) < 4.78 is 10.1. The zero-order chi connectivity index (χ0) is 13.5. The fourth-order valence-corrected chi connectivity index (χ4v) is 1.33. The highest BCUT2D eigenvalue weighted by atomic mass is 16.6. The van der Waals surface area contributed by atoms with Crippen LogP contribution in [-0.2, 0) is 9.53 Å². The van der Waals surface area contributed by atoms with Gasteiger partial charge in [-0.2, -0.15) is 0 Å². The number of esters is 1. The molecule has 94 valence electrons. The van der Waals surface area contributed by atoms with E-state index in [4.69, 9.17) is 15.9 Å². The van der Waals surface area contributed by atoms with Gasteiger partial charge in [-0.15, -0.1) is 6.42 Å². The van der Waals surface area contributed by atoms with Crippen molar-refractivity contribution in [1.29, 1.82) is 0 Å². The fourth-order valence-electron chi connectivity index (χ4n) is 1.33. The van der Waals surface area contributed by atoms with Crippen LogP contribution in [0.3, 0.4) is 0 Å². The molecule has 0 spiro atoms. The molecular formula is C14H14O4. The van der Waals surface area contributed by atoms with E-state index in [2.05, 4.69) is 5.92 Å². The van der Waals surface area contributed by atoms with Gasteiger partial charge in [0.15, 0.2) is 18.5 Å². The number of carbonyl (C=O) groups is 2. The average molecular weight is 246 g/mol. The molecule has 1 aromatic carbocycles. The van der Waals surface area contributed by atoms with Gasteiger partial charge >= 0.3 is 5.97 Å². The summed E-state index contributed by atoms with van der Waals surface area (Å²) in [6, 6.07) is 6.71. The van der Waals surface area contributed by atoms with Crippen LogP contribution in [0.4, 0.5) is 0 Å². The van der Waals surface area contributed by atoms with Crippen molar-refractivity contribution in [3.63, 3.8) is 0 Å². The Kier molecular flexibility index (Phi) is 4.94. The van der Waals surface area contributed by atoms with Gasteiger partial charge in [0.2, 0.25) is 0 Å². The summed E-state index contributed by atoms with van der Waals surface area (Å²) in [5.41, 5.74) is 0.425. The van der Waals surface area contributed by atoms with Gasteiger partial charge in [0.1, 0.15) is 5.75 Å². The Morgan fingerprint density at radius 1 is 1.39 bits per heavy atom. The number of para-hydroxylation sites is 1. The van der Waals surface area contributed by atoms with Crippen molar-refractivity contribution in [2.45, 2.75) is 20.0 Å². The molecule has 1 atom stereocenters. The molecule has 18 heavy (non-hydrogen) atoms. The molecule has 0 saturated heterocycles. The maximum atomic E-state index is 11.5. The van der Waals surface area contributed by atoms with Crippen molar-refractivity contribution < 1.29 is 19.1 Å². The van der Waals surface area contributed by atoms with Crippen LogP contribution in [0, 0.1) is 12.3 Å². The van der Waals surface area contributed by atoms with E-state index in [1.165, 1.54) is 13.8 Å². The molecule has 0 aliphatic heterocycles. The Balaban J connectivity index is 2.76. The third kappa shape index (κ3) is 3.63. The molecule has 0 aliphatic carbocycles. The number of benzene rings is 1. The van der Waals surface area contributed by atoms with Gasteiger partial charge < -0.3 is 9.47 Å². The normalized spacial score (nSPS) is 11.2. The lowest BCUT2D eigenvalue weighted by Gasteiger charge is -2.14. The minimum atomic E-state index is -0.821. The van der Waals surface area contributed by atoms with E-state index in [0.717, 1.165) is 0 Å². The van der Waals surface area contributed by atoms with Crippen molar-refractivity contribution in [2.24, 2.45) is 0 Å². The Morgan fingerprint density at radius 2 is 2.06 bits per heavy atom. The molecule has 4 nitrogen and oxygen atoms in total. The van der Waals surface area contributed by atoms with Gasteiger partial charge in [0.25, 0.3) is 0 Å². The number of rotatable bonds is 5. The first kappa shape index (κ1) is 13.8. The fraction of sp³-hybridized carbons (Fsp3) is 0.286. The maximum absolute atomic E-state index is 11.5. The van der Waals surface area contributed by atoms with E-state index in [-0.39, 0.29) is 12.4 Å². The predicted octanol–water partition coefficient (Wildman–Crippen LogP) is 1.83. The lowest BCUT2D eigenvalue weighted by atomic mass is 10.1. The number of carbonyl (C=O) groups excluding carboxylic acids is 2. The van der Waals surface area contributed by atoms with E-state index < -0.39 is 12.1 Å². The number of ether oxygens (including phenoxy) is 2. The zero-order valence-corrected chi connectivity index (χ0v) is 10.3. The van der Waals surface area contributed by atoms with Crippen molar-refractivity contribution in [3.05, 3.63) is 29.8 Å². The monoisotopic (exact) mass is 246 g/mol. The Bertz CT molecular complexity index is 485. The van der Waals surface area contributed by atoms with Crippen LogP contribution in [0.1, 0.15) is 24.2 Å². The molecule has 4 heteroatoms. The van der Waals surface area contributed by atoms with Crippen molar-refractivity contribution in [2.75, 3.05) is 6.61 Å². The summed E-state index contributed by atoms with van der Waals surface area (Å²) in [5, 5.41) is 0. The molecule has 1 rings (SSSR count). The van der Waals surface area contributed by atoms with E-state index >= 15 is 0 Å². The first-order valence-corrected chi connectivity index (χ1v) is 5.43. The standard InChI is InChI=1S/C14H14O4/c1-4-9-17-14(16)11(3)18-13-8-6-5-7-12(13)10(2)15/h1,5-8,11H,9H2,2-3H3. The van der Waals surface area contributed by atoms with Gasteiger partial charge in [-0.05, 0) is 26.0 Å². The van der Waals surface area contributed by atoms with Crippen LogP contribution >= 0.6 is 0 Å². The molecule has 0 aliphatic rings. The summed E-state index contributed by atoms with van der Waals surface area (Å²) in [6.07, 6.45) is 4.16. The second kappa shape index (κ2) is 6.45. The highest BCUT2D eigenvalue weighted by Crippen LogP contribution is 2.20. The van der Waals surface area contributed by atoms with Gasteiger partial charge in [-0.25, -0.2) is 4.79 Å². The third-order valence-electron chi connectivity index (χ3n) is 2.20. The van der Waals surface area contributed by atoms with Crippen molar-refractivity contribution in [1.82, 2.24) is 0 Å². The van der Waals surface area contributed by atoms with Crippen LogP contribution in [0.2, 0.25) is 0 Å². The van der Waals surface area contributed by atoms with Crippen molar-refractivity contribution in [3.8, 4) is 18.1 Å². The minimum absolute atomic E-state index is 0.0963. The molecule has 0 radical (unpaired) electrons. The Hall–Kier alpha value is -2.28. The summed E-state index contributed by atoms with van der Waals surface area (Å²) in [7, 11) is 0. The molecule has 1 unspecified atom stereocenters. The summed E-state index contributed by atoms with van der Waals surface area (Å²) >= 11 is 0. The summed E-state index contributed by atoms with van der Waals surface area (Å²) in [5.74, 6) is 1.86. The summed E-state index contributed by atoms with van der Waals surface area (Å²) in [4.78, 5) is 22.8. The quantitative estimate of drug-likeness (QED) is 0.452. The van der Waals surface area contributed by atoms with Crippen LogP contribution in [-0.4, -0.2) is 24.5 Å². The van der Waals surface area contributed by atoms with Crippen LogP contribution in [0.15, 0.2) is 24.3 Å². The van der Waals surface area contributed by atoms with Gasteiger partial charge in [-0.3, -0.25) is 4.79 Å². The van der Waals surface area contributed by atoms with Crippen LogP contribution in [0.5, 0.6) is 5.75 Å². The topological polar surface area (TPSA) is 52.6 Å². The van der Waals surface area contributed by atoms with Crippen LogP contribution < -0.4 is 4.74 Å². The molecule has 0 aromatic heterocycles. The number of Topliss-reactive ketones (excluding diaryl/α,β-unsaturated/α-hetero) is 1. The maximum Gasteiger partial charge on any atom is 0.347 e. The SMILES string of the molecule is C#CCOC(=O)C(C)Oc1ccccc1C(C)=O. The molecule has 0 bridgehead atoms. The van der Waals surface area contributed by atoms with Crippen molar-refractivity contribution >= 4 is 11.8 Å². The third-order valence-corrected chi connectivity index (χ3v) is 2.20. The molecular weight excluding hydrogens is 232 g/mol. The number of ketones is 1. The van der Waals surface area contributed by atoms with E-state index in [1.807, 2.05) is 0 Å². The molecule has 0 N–H and O–H groups in total. The Labute approximate surface area is 106 Å². The molecule has 0 saturated carbocycles.